The van der Waals surface area contributed by atoms with Crippen LogP contribution >= 0.6 is 0 Å². The molecule has 1 N–H and O–H groups in total. The third-order valence-electron chi connectivity index (χ3n) is 4.78. The van der Waals surface area contributed by atoms with Crippen LogP contribution in [0.1, 0.15) is 5.56 Å². The Labute approximate surface area is 186 Å². The van der Waals surface area contributed by atoms with Crippen molar-refractivity contribution in [2.75, 3.05) is 19.5 Å². The van der Waals surface area contributed by atoms with Gasteiger partial charge in [0.05, 0.1) is 25.6 Å². The minimum atomic E-state index is -0.293. The summed E-state index contributed by atoms with van der Waals surface area (Å²) in [4.78, 5) is 16.8. The van der Waals surface area contributed by atoms with E-state index in [0.29, 0.717) is 17.2 Å². The predicted molar refractivity (Wildman–Crippen MR) is 124 cm³/mol. The zero-order valence-corrected chi connectivity index (χ0v) is 17.7. The standard InChI is InChI=1S/C25H22N4O3/c1-31-21-11-12-22(23(15-21)32-2)27-24(30)13-10-19-17-29(20-8-4-3-5-9-20)28-25(19)18-7-6-14-26-16-18/h3-17H,1-2H3,(H,27,30)/b13-10+. The van der Waals surface area contributed by atoms with Gasteiger partial charge >= 0.3 is 0 Å². The molecule has 2 aromatic heterocycles. The number of nitrogens with zero attached hydrogens (tertiary/aromatic N) is 3. The van der Waals surface area contributed by atoms with Crippen LogP contribution < -0.4 is 14.8 Å². The fraction of sp³-hybridized carbons (Fsp3) is 0.0800. The molecule has 0 spiro atoms. The second kappa shape index (κ2) is 9.61. The Bertz CT molecular complexity index is 1230. The molecular weight excluding hydrogens is 404 g/mol. The van der Waals surface area contributed by atoms with E-state index >= 15 is 0 Å². The van der Waals surface area contributed by atoms with E-state index in [9.17, 15) is 4.79 Å². The Balaban J connectivity index is 1.62. The topological polar surface area (TPSA) is 78.3 Å². The molecule has 7 heteroatoms. The quantitative estimate of drug-likeness (QED) is 0.437. The molecule has 4 rings (SSSR count). The average Bonchev–Trinajstić information content (AvgIpc) is 3.28. The van der Waals surface area contributed by atoms with E-state index in [1.165, 1.54) is 6.08 Å². The summed E-state index contributed by atoms with van der Waals surface area (Å²) in [6.07, 6.45) is 8.55. The second-order valence-corrected chi connectivity index (χ2v) is 6.84. The summed E-state index contributed by atoms with van der Waals surface area (Å²) >= 11 is 0. The van der Waals surface area contributed by atoms with Crippen molar-refractivity contribution in [1.29, 1.82) is 0 Å². The van der Waals surface area contributed by atoms with E-state index in [-0.39, 0.29) is 5.91 Å². The van der Waals surface area contributed by atoms with Crippen molar-refractivity contribution >= 4 is 17.7 Å². The number of benzene rings is 2. The number of nitrogens with one attached hydrogen (secondary N) is 1. The Morgan fingerprint density at radius 3 is 2.59 bits per heavy atom. The molecule has 0 fully saturated rings. The molecule has 4 aromatic rings. The van der Waals surface area contributed by atoms with E-state index in [4.69, 9.17) is 14.6 Å². The van der Waals surface area contributed by atoms with Crippen LogP contribution in [-0.2, 0) is 4.79 Å². The Morgan fingerprint density at radius 2 is 1.88 bits per heavy atom. The van der Waals surface area contributed by atoms with Gasteiger partial charge in [-0.2, -0.15) is 5.10 Å². The van der Waals surface area contributed by atoms with Crippen molar-refractivity contribution in [3.63, 3.8) is 0 Å². The summed E-state index contributed by atoms with van der Waals surface area (Å²) < 4.78 is 12.3. The summed E-state index contributed by atoms with van der Waals surface area (Å²) in [5.41, 5.74) is 3.85. The van der Waals surface area contributed by atoms with Crippen LogP contribution in [0, 0.1) is 0 Å². The third kappa shape index (κ3) is 4.67. The van der Waals surface area contributed by atoms with Gasteiger partial charge in [-0.25, -0.2) is 4.68 Å². The first-order chi connectivity index (χ1) is 15.7. The second-order valence-electron chi connectivity index (χ2n) is 6.84. The van der Waals surface area contributed by atoms with Crippen molar-refractivity contribution in [1.82, 2.24) is 14.8 Å². The Hall–Kier alpha value is -4.39. The summed E-state index contributed by atoms with van der Waals surface area (Å²) in [7, 11) is 3.11. The number of pyridine rings is 1. The number of amides is 1. The van der Waals surface area contributed by atoms with Crippen LogP contribution in [-0.4, -0.2) is 34.9 Å². The van der Waals surface area contributed by atoms with Crippen LogP contribution in [0.15, 0.2) is 85.3 Å². The van der Waals surface area contributed by atoms with E-state index in [1.807, 2.05) is 48.7 Å². The first kappa shape index (κ1) is 20.9. The molecule has 32 heavy (non-hydrogen) atoms. The van der Waals surface area contributed by atoms with Crippen molar-refractivity contribution < 1.29 is 14.3 Å². The lowest BCUT2D eigenvalue weighted by molar-refractivity contribution is -0.111. The lowest BCUT2D eigenvalue weighted by atomic mass is 10.1. The highest BCUT2D eigenvalue weighted by Crippen LogP contribution is 2.29. The summed E-state index contributed by atoms with van der Waals surface area (Å²) in [5.74, 6) is 0.863. The van der Waals surface area contributed by atoms with E-state index in [1.54, 1.807) is 55.6 Å². The number of hydrogen-bond donors (Lipinski definition) is 1. The SMILES string of the molecule is COc1ccc(NC(=O)/C=C/c2cn(-c3ccccc3)nc2-c2cccnc2)c(OC)c1. The number of carbonyl (C=O) groups is 1. The molecule has 0 atom stereocenters. The highest BCUT2D eigenvalue weighted by molar-refractivity contribution is 6.03. The lowest BCUT2D eigenvalue weighted by Crippen LogP contribution is -2.09. The van der Waals surface area contributed by atoms with Crippen LogP contribution in [0.2, 0.25) is 0 Å². The monoisotopic (exact) mass is 426 g/mol. The van der Waals surface area contributed by atoms with Crippen LogP contribution in [0.25, 0.3) is 23.0 Å². The van der Waals surface area contributed by atoms with Gasteiger partial charge in [-0.05, 0) is 42.5 Å². The van der Waals surface area contributed by atoms with Crippen molar-refractivity contribution in [2.45, 2.75) is 0 Å². The Kier molecular flexibility index (Phi) is 6.27. The number of hydrogen-bond acceptors (Lipinski definition) is 5. The maximum absolute atomic E-state index is 12.6. The van der Waals surface area contributed by atoms with E-state index in [0.717, 1.165) is 22.5 Å². The number of carbonyl (C=O) groups excluding carboxylic acids is 1. The van der Waals surface area contributed by atoms with Crippen molar-refractivity contribution in [2.24, 2.45) is 0 Å². The minimum Gasteiger partial charge on any atom is -0.497 e. The maximum Gasteiger partial charge on any atom is 0.248 e. The third-order valence-corrected chi connectivity index (χ3v) is 4.78. The maximum atomic E-state index is 12.6. The number of ether oxygens (including phenoxy) is 2. The average molecular weight is 426 g/mol. The van der Waals surface area contributed by atoms with Gasteiger partial charge < -0.3 is 14.8 Å². The van der Waals surface area contributed by atoms with Crippen LogP contribution in [0.5, 0.6) is 11.5 Å². The molecule has 7 nitrogen and oxygen atoms in total. The molecule has 2 aromatic carbocycles. The van der Waals surface area contributed by atoms with Crippen molar-refractivity contribution in [3.05, 3.63) is 90.9 Å². The smallest absolute Gasteiger partial charge is 0.248 e. The number of methoxy groups -OCH3 is 2. The van der Waals surface area contributed by atoms with Crippen LogP contribution in [0.4, 0.5) is 5.69 Å². The summed E-state index contributed by atoms with van der Waals surface area (Å²) in [6.45, 7) is 0. The number of anilines is 1. The van der Waals surface area contributed by atoms with Gasteiger partial charge in [0.2, 0.25) is 5.91 Å². The summed E-state index contributed by atoms with van der Waals surface area (Å²) in [6, 6.07) is 18.8. The van der Waals surface area contributed by atoms with E-state index < -0.39 is 0 Å². The van der Waals surface area contributed by atoms with E-state index in [2.05, 4.69) is 10.3 Å². The molecule has 0 aliphatic rings. The summed E-state index contributed by atoms with van der Waals surface area (Å²) in [5, 5.41) is 7.55. The highest BCUT2D eigenvalue weighted by Gasteiger charge is 2.12. The molecule has 2 heterocycles. The zero-order chi connectivity index (χ0) is 22.3. The predicted octanol–water partition coefficient (Wildman–Crippen LogP) is 4.60. The van der Waals surface area contributed by atoms with Gasteiger partial charge in [-0.3, -0.25) is 9.78 Å². The van der Waals surface area contributed by atoms with Gasteiger partial charge in [0.15, 0.2) is 0 Å². The molecule has 0 saturated carbocycles. The molecule has 0 aliphatic heterocycles. The largest absolute Gasteiger partial charge is 0.497 e. The number of aromatic nitrogens is 3. The fourth-order valence-corrected chi connectivity index (χ4v) is 3.19. The number of para-hydroxylation sites is 1. The molecule has 0 aliphatic carbocycles. The van der Waals surface area contributed by atoms with Gasteiger partial charge in [-0.15, -0.1) is 0 Å². The van der Waals surface area contributed by atoms with Gasteiger partial charge in [0, 0.05) is 41.9 Å². The molecule has 0 radical (unpaired) electrons. The number of rotatable bonds is 7. The molecule has 1 amide bonds. The normalized spacial score (nSPS) is 10.8. The Morgan fingerprint density at radius 1 is 1.03 bits per heavy atom. The van der Waals surface area contributed by atoms with Gasteiger partial charge in [-0.1, -0.05) is 18.2 Å². The molecular formula is C25H22N4O3. The molecule has 0 saturated heterocycles. The molecule has 160 valence electrons. The lowest BCUT2D eigenvalue weighted by Gasteiger charge is -2.10. The van der Waals surface area contributed by atoms with Crippen LogP contribution in [0.3, 0.4) is 0 Å². The van der Waals surface area contributed by atoms with Crippen molar-refractivity contribution in [3.8, 4) is 28.4 Å². The first-order valence-electron chi connectivity index (χ1n) is 9.94. The molecule has 0 unspecified atom stereocenters. The van der Waals surface area contributed by atoms with Gasteiger partial charge in [0.25, 0.3) is 0 Å². The minimum absolute atomic E-state index is 0.293. The molecule has 0 bridgehead atoms. The van der Waals surface area contributed by atoms with Gasteiger partial charge in [0.1, 0.15) is 17.2 Å². The highest BCUT2D eigenvalue weighted by atomic mass is 16.5. The first-order valence-corrected chi connectivity index (χ1v) is 9.94. The zero-order valence-electron chi connectivity index (χ0n) is 17.7. The fourth-order valence-electron chi connectivity index (χ4n) is 3.19.